The molecule has 86 valence electrons. The molecule has 2 aromatic heterocycles. The molecule has 1 N–H and O–H groups in total. The van der Waals surface area contributed by atoms with E-state index in [1.165, 1.54) is 10.6 Å². The second-order valence-electron chi connectivity index (χ2n) is 3.69. The quantitative estimate of drug-likeness (QED) is 0.867. The summed E-state index contributed by atoms with van der Waals surface area (Å²) in [5.41, 5.74) is 1.18. The van der Waals surface area contributed by atoms with Gasteiger partial charge < -0.3 is 5.32 Å². The first kappa shape index (κ1) is 11.1. The van der Waals surface area contributed by atoms with Crippen LogP contribution in [0.15, 0.2) is 18.5 Å². The van der Waals surface area contributed by atoms with Crippen LogP contribution in [0.2, 0.25) is 0 Å². The highest BCUT2D eigenvalue weighted by atomic mass is 32.1. The summed E-state index contributed by atoms with van der Waals surface area (Å²) in [6, 6.07) is 2.01. The van der Waals surface area contributed by atoms with Gasteiger partial charge in [-0.05, 0) is 19.4 Å². The molecule has 0 spiro atoms. The smallest absolute Gasteiger partial charge is 0.182 e. The molecule has 0 unspecified atom stereocenters. The third-order valence-electron chi connectivity index (χ3n) is 2.31. The van der Waals surface area contributed by atoms with Crippen LogP contribution in [-0.4, -0.2) is 21.3 Å². The fourth-order valence-electron chi connectivity index (χ4n) is 1.41. The van der Waals surface area contributed by atoms with Crippen LogP contribution in [0.5, 0.6) is 0 Å². The number of thiazole rings is 1. The molecule has 0 fully saturated rings. The van der Waals surface area contributed by atoms with Crippen molar-refractivity contribution in [3.8, 4) is 0 Å². The molecular formula is C11H16N4S. The molecule has 2 heterocycles. The van der Waals surface area contributed by atoms with Crippen LogP contribution in [0, 0.1) is 6.92 Å². The Kier molecular flexibility index (Phi) is 3.56. The first-order chi connectivity index (χ1) is 7.79. The maximum absolute atomic E-state index is 4.33. The number of hydrogen-bond donors (Lipinski definition) is 1. The molecule has 0 aliphatic rings. The van der Waals surface area contributed by atoms with E-state index < -0.39 is 0 Å². The normalized spacial score (nSPS) is 10.6. The number of nitrogens with zero attached hydrogens (tertiary/aromatic N) is 3. The Balaban J connectivity index is 2.00. The Morgan fingerprint density at radius 1 is 1.50 bits per heavy atom. The summed E-state index contributed by atoms with van der Waals surface area (Å²) in [5, 5.41) is 8.55. The van der Waals surface area contributed by atoms with E-state index in [4.69, 9.17) is 0 Å². The summed E-state index contributed by atoms with van der Waals surface area (Å²) < 4.78 is 1.98. The van der Waals surface area contributed by atoms with Crippen LogP contribution in [0.4, 0.5) is 5.13 Å². The summed E-state index contributed by atoms with van der Waals surface area (Å²) >= 11 is 1.70. The van der Waals surface area contributed by atoms with Gasteiger partial charge in [-0.25, -0.2) is 4.98 Å². The lowest BCUT2D eigenvalue weighted by atomic mass is 10.4. The molecule has 0 saturated heterocycles. The summed E-state index contributed by atoms with van der Waals surface area (Å²) in [4.78, 5) is 5.56. The second-order valence-corrected chi connectivity index (χ2v) is 4.80. The van der Waals surface area contributed by atoms with Gasteiger partial charge in [0.2, 0.25) is 0 Å². The molecule has 0 amide bonds. The fraction of sp³-hybridized carbons (Fsp3) is 0.455. The molecule has 4 nitrogen and oxygen atoms in total. The topological polar surface area (TPSA) is 42.7 Å². The van der Waals surface area contributed by atoms with E-state index in [2.05, 4.69) is 29.2 Å². The van der Waals surface area contributed by atoms with Crippen molar-refractivity contribution in [3.63, 3.8) is 0 Å². The SMILES string of the molecule is CCCNc1ncc(Cn2nccc2C)s1. The number of anilines is 1. The van der Waals surface area contributed by atoms with Gasteiger partial charge in [0.25, 0.3) is 0 Å². The minimum Gasteiger partial charge on any atom is -0.362 e. The third kappa shape index (κ3) is 2.61. The van der Waals surface area contributed by atoms with Crippen molar-refractivity contribution in [3.05, 3.63) is 29.0 Å². The minimum atomic E-state index is 0.810. The molecule has 0 saturated carbocycles. The lowest BCUT2D eigenvalue weighted by Crippen LogP contribution is -2.01. The molecule has 0 aliphatic carbocycles. The fourth-order valence-corrected chi connectivity index (χ4v) is 2.23. The summed E-state index contributed by atoms with van der Waals surface area (Å²) in [5.74, 6) is 0. The predicted octanol–water partition coefficient (Wildman–Crippen LogP) is 2.52. The van der Waals surface area contributed by atoms with Crippen molar-refractivity contribution in [2.24, 2.45) is 0 Å². The van der Waals surface area contributed by atoms with Crippen molar-refractivity contribution in [2.45, 2.75) is 26.8 Å². The van der Waals surface area contributed by atoms with Crippen molar-refractivity contribution < 1.29 is 0 Å². The molecule has 0 aliphatic heterocycles. The van der Waals surface area contributed by atoms with Gasteiger partial charge in [-0.15, -0.1) is 11.3 Å². The maximum atomic E-state index is 4.33. The Bertz CT molecular complexity index is 446. The first-order valence-electron chi connectivity index (χ1n) is 5.46. The zero-order chi connectivity index (χ0) is 11.4. The van der Waals surface area contributed by atoms with Gasteiger partial charge >= 0.3 is 0 Å². The van der Waals surface area contributed by atoms with E-state index >= 15 is 0 Å². The van der Waals surface area contributed by atoms with Crippen LogP contribution in [0.25, 0.3) is 0 Å². The zero-order valence-electron chi connectivity index (χ0n) is 9.60. The highest BCUT2D eigenvalue weighted by molar-refractivity contribution is 7.15. The number of aromatic nitrogens is 3. The number of rotatable bonds is 5. The monoisotopic (exact) mass is 236 g/mol. The summed E-state index contributed by atoms with van der Waals surface area (Å²) in [6.45, 7) is 6.00. The van der Waals surface area contributed by atoms with E-state index in [0.717, 1.165) is 24.6 Å². The minimum absolute atomic E-state index is 0.810. The molecule has 0 aromatic carbocycles. The molecule has 0 atom stereocenters. The van der Waals surface area contributed by atoms with Gasteiger partial charge in [0.05, 0.1) is 6.54 Å². The van der Waals surface area contributed by atoms with E-state index in [1.807, 2.05) is 23.1 Å². The number of nitrogens with one attached hydrogen (secondary N) is 1. The predicted molar refractivity (Wildman–Crippen MR) is 67.0 cm³/mol. The van der Waals surface area contributed by atoms with Crippen molar-refractivity contribution >= 4 is 16.5 Å². The molecule has 2 aromatic rings. The zero-order valence-corrected chi connectivity index (χ0v) is 10.4. The summed E-state index contributed by atoms with van der Waals surface area (Å²) in [6.07, 6.45) is 4.86. The highest BCUT2D eigenvalue weighted by Gasteiger charge is 2.03. The number of aryl methyl sites for hydroxylation is 1. The molecule has 0 bridgehead atoms. The van der Waals surface area contributed by atoms with Gasteiger partial charge in [0.15, 0.2) is 5.13 Å². The Labute approximate surface area is 99.3 Å². The van der Waals surface area contributed by atoms with Crippen molar-refractivity contribution in [2.75, 3.05) is 11.9 Å². The van der Waals surface area contributed by atoms with Gasteiger partial charge in [-0.2, -0.15) is 5.10 Å². The van der Waals surface area contributed by atoms with Crippen LogP contribution >= 0.6 is 11.3 Å². The van der Waals surface area contributed by atoms with Crippen LogP contribution in [0.3, 0.4) is 0 Å². The Morgan fingerprint density at radius 2 is 2.38 bits per heavy atom. The average molecular weight is 236 g/mol. The molecular weight excluding hydrogens is 220 g/mol. The van der Waals surface area contributed by atoms with Crippen molar-refractivity contribution in [1.29, 1.82) is 0 Å². The van der Waals surface area contributed by atoms with Gasteiger partial charge in [-0.1, -0.05) is 6.92 Å². The Hall–Kier alpha value is -1.36. The van der Waals surface area contributed by atoms with Gasteiger partial charge in [-0.3, -0.25) is 4.68 Å². The lowest BCUT2D eigenvalue weighted by Gasteiger charge is -2.00. The molecule has 16 heavy (non-hydrogen) atoms. The van der Waals surface area contributed by atoms with Crippen LogP contribution < -0.4 is 5.32 Å². The standard InChI is InChI=1S/C11H16N4S/c1-3-5-12-11-13-7-10(16-11)8-15-9(2)4-6-14-15/h4,6-7H,3,5,8H2,1-2H3,(H,12,13). The maximum Gasteiger partial charge on any atom is 0.182 e. The molecule has 0 radical (unpaired) electrons. The van der Waals surface area contributed by atoms with Gasteiger partial charge in [0.1, 0.15) is 0 Å². The van der Waals surface area contributed by atoms with E-state index in [-0.39, 0.29) is 0 Å². The van der Waals surface area contributed by atoms with Crippen LogP contribution in [0.1, 0.15) is 23.9 Å². The van der Waals surface area contributed by atoms with E-state index in [0.29, 0.717) is 0 Å². The van der Waals surface area contributed by atoms with Crippen molar-refractivity contribution in [1.82, 2.24) is 14.8 Å². The van der Waals surface area contributed by atoms with Crippen LogP contribution in [-0.2, 0) is 6.54 Å². The average Bonchev–Trinajstić information content (AvgIpc) is 2.87. The molecule has 2 rings (SSSR count). The number of hydrogen-bond acceptors (Lipinski definition) is 4. The largest absolute Gasteiger partial charge is 0.362 e. The van der Waals surface area contributed by atoms with Gasteiger partial charge in [0, 0.05) is 29.5 Å². The summed E-state index contributed by atoms with van der Waals surface area (Å²) in [7, 11) is 0. The third-order valence-corrected chi connectivity index (χ3v) is 3.25. The van der Waals surface area contributed by atoms with E-state index in [9.17, 15) is 0 Å². The first-order valence-corrected chi connectivity index (χ1v) is 6.28. The Morgan fingerprint density at radius 3 is 3.06 bits per heavy atom. The van der Waals surface area contributed by atoms with E-state index in [1.54, 1.807) is 11.3 Å². The second kappa shape index (κ2) is 5.12. The lowest BCUT2D eigenvalue weighted by molar-refractivity contribution is 0.671. The highest BCUT2D eigenvalue weighted by Crippen LogP contribution is 2.19. The molecule has 5 heteroatoms.